The van der Waals surface area contributed by atoms with Crippen LogP contribution in [0.2, 0.25) is 0 Å². The number of hydrogen-bond acceptors (Lipinski definition) is 5. The van der Waals surface area contributed by atoms with Gasteiger partial charge in [-0.05, 0) is 45.4 Å². The maximum Gasteiger partial charge on any atom is 0.225 e. The molecule has 1 saturated heterocycles. The number of hydrogen-bond donors (Lipinski definition) is 1. The number of rotatable bonds is 4. The van der Waals surface area contributed by atoms with Gasteiger partial charge < -0.3 is 15.1 Å². The van der Waals surface area contributed by atoms with Crippen LogP contribution in [0.3, 0.4) is 0 Å². The molecule has 1 aromatic heterocycles. The van der Waals surface area contributed by atoms with E-state index in [9.17, 15) is 0 Å². The summed E-state index contributed by atoms with van der Waals surface area (Å²) in [4.78, 5) is 14.0. The Kier molecular flexibility index (Phi) is 4.88. The fourth-order valence-electron chi connectivity index (χ4n) is 3.06. The topological polar surface area (TPSA) is 44.3 Å². The van der Waals surface area contributed by atoms with E-state index in [1.54, 1.807) is 0 Å². The summed E-state index contributed by atoms with van der Waals surface area (Å²) < 4.78 is 0. The Balaban J connectivity index is 1.69. The molecule has 0 radical (unpaired) electrons. The number of nitrogens with one attached hydrogen (secondary N) is 1. The lowest BCUT2D eigenvalue weighted by atomic mass is 10.2. The predicted octanol–water partition coefficient (Wildman–Crippen LogP) is 3.24. The molecule has 1 N–H and O–H groups in total. The smallest absolute Gasteiger partial charge is 0.225 e. The van der Waals surface area contributed by atoms with Crippen LogP contribution in [0.15, 0.2) is 30.3 Å². The van der Waals surface area contributed by atoms with Crippen molar-refractivity contribution in [3.63, 3.8) is 0 Å². The maximum absolute atomic E-state index is 4.69. The first-order chi connectivity index (χ1) is 11.5. The minimum atomic E-state index is 0.331. The van der Waals surface area contributed by atoms with E-state index in [4.69, 9.17) is 4.98 Å². The van der Waals surface area contributed by atoms with E-state index in [1.807, 2.05) is 6.92 Å². The molecular formula is C19H27N5. The van der Waals surface area contributed by atoms with Crippen LogP contribution in [0.5, 0.6) is 0 Å². The van der Waals surface area contributed by atoms with Gasteiger partial charge in [-0.25, -0.2) is 4.98 Å². The van der Waals surface area contributed by atoms with Gasteiger partial charge in [0.05, 0.1) is 0 Å². The van der Waals surface area contributed by atoms with Crippen molar-refractivity contribution in [3.05, 3.63) is 41.6 Å². The first-order valence-electron chi connectivity index (χ1n) is 8.70. The minimum Gasteiger partial charge on any atom is -0.368 e. The third-order valence-electron chi connectivity index (χ3n) is 4.23. The van der Waals surface area contributed by atoms with E-state index in [0.717, 1.165) is 43.6 Å². The molecule has 2 aromatic rings. The number of benzene rings is 1. The summed E-state index contributed by atoms with van der Waals surface area (Å²) in [7, 11) is 0. The Morgan fingerprint density at radius 2 is 1.67 bits per heavy atom. The van der Waals surface area contributed by atoms with E-state index in [2.05, 4.69) is 71.2 Å². The standard InChI is InChI=1S/C19H27N5/c1-14(2)20-19-21-16(4)13-18(22-19)24-10-8-23(9-11-24)17-7-5-6-15(3)12-17/h5-7,12-14H,8-11H2,1-4H3,(H,20,21,22). The van der Waals surface area contributed by atoms with Crippen LogP contribution in [0.25, 0.3) is 0 Å². The molecule has 1 aliphatic heterocycles. The molecule has 24 heavy (non-hydrogen) atoms. The Bertz CT molecular complexity index is 690. The number of aryl methyl sites for hydroxylation is 2. The highest BCUT2D eigenvalue weighted by molar-refractivity contribution is 5.52. The monoisotopic (exact) mass is 325 g/mol. The average Bonchev–Trinajstić information content (AvgIpc) is 2.54. The molecule has 5 heteroatoms. The molecule has 2 heterocycles. The van der Waals surface area contributed by atoms with Gasteiger partial charge in [-0.15, -0.1) is 0 Å². The number of piperazine rings is 1. The Morgan fingerprint density at radius 1 is 0.958 bits per heavy atom. The quantitative estimate of drug-likeness (QED) is 0.935. The van der Waals surface area contributed by atoms with Gasteiger partial charge in [0.15, 0.2) is 0 Å². The predicted molar refractivity (Wildman–Crippen MR) is 101 cm³/mol. The first-order valence-corrected chi connectivity index (χ1v) is 8.70. The molecule has 0 unspecified atom stereocenters. The second-order valence-electron chi connectivity index (χ2n) is 6.80. The van der Waals surface area contributed by atoms with Gasteiger partial charge in [-0.2, -0.15) is 4.98 Å². The zero-order chi connectivity index (χ0) is 17.1. The van der Waals surface area contributed by atoms with Crippen LogP contribution in [0.4, 0.5) is 17.5 Å². The van der Waals surface area contributed by atoms with E-state index in [0.29, 0.717) is 6.04 Å². The van der Waals surface area contributed by atoms with Crippen molar-refractivity contribution in [3.8, 4) is 0 Å². The highest BCUT2D eigenvalue weighted by atomic mass is 15.3. The van der Waals surface area contributed by atoms with Gasteiger partial charge in [0, 0.05) is 49.7 Å². The third-order valence-corrected chi connectivity index (χ3v) is 4.23. The summed E-state index contributed by atoms with van der Waals surface area (Å²) in [6.07, 6.45) is 0. The largest absolute Gasteiger partial charge is 0.368 e. The van der Waals surface area contributed by atoms with Gasteiger partial charge in [-0.1, -0.05) is 12.1 Å². The van der Waals surface area contributed by atoms with Gasteiger partial charge in [0.25, 0.3) is 0 Å². The second-order valence-corrected chi connectivity index (χ2v) is 6.80. The molecule has 0 spiro atoms. The van der Waals surface area contributed by atoms with Gasteiger partial charge in [-0.3, -0.25) is 0 Å². The van der Waals surface area contributed by atoms with E-state index in [-0.39, 0.29) is 0 Å². The van der Waals surface area contributed by atoms with Gasteiger partial charge in [0.2, 0.25) is 5.95 Å². The van der Waals surface area contributed by atoms with Gasteiger partial charge in [0.1, 0.15) is 5.82 Å². The second kappa shape index (κ2) is 7.07. The zero-order valence-electron chi connectivity index (χ0n) is 15.1. The van der Waals surface area contributed by atoms with E-state index < -0.39 is 0 Å². The van der Waals surface area contributed by atoms with Crippen molar-refractivity contribution in [1.82, 2.24) is 9.97 Å². The SMILES string of the molecule is Cc1cccc(N2CCN(c3cc(C)nc(NC(C)C)n3)CC2)c1. The summed E-state index contributed by atoms with van der Waals surface area (Å²) in [6, 6.07) is 11.1. The summed E-state index contributed by atoms with van der Waals surface area (Å²) in [6.45, 7) is 12.4. The molecule has 0 bridgehead atoms. The molecule has 3 rings (SSSR count). The summed E-state index contributed by atoms with van der Waals surface area (Å²) >= 11 is 0. The lowest BCUT2D eigenvalue weighted by Crippen LogP contribution is -2.47. The molecule has 0 atom stereocenters. The van der Waals surface area contributed by atoms with Crippen molar-refractivity contribution < 1.29 is 0 Å². The summed E-state index contributed by atoms with van der Waals surface area (Å²) in [5.41, 5.74) is 3.63. The van der Waals surface area contributed by atoms with Crippen molar-refractivity contribution in [1.29, 1.82) is 0 Å². The molecule has 1 aromatic carbocycles. The average molecular weight is 325 g/mol. The molecule has 0 amide bonds. The fraction of sp³-hybridized carbons (Fsp3) is 0.474. The Hall–Kier alpha value is -2.30. The molecular weight excluding hydrogens is 298 g/mol. The maximum atomic E-state index is 4.69. The van der Waals surface area contributed by atoms with Gasteiger partial charge >= 0.3 is 0 Å². The molecule has 128 valence electrons. The van der Waals surface area contributed by atoms with Crippen molar-refractivity contribution in [2.45, 2.75) is 33.7 Å². The van der Waals surface area contributed by atoms with Crippen molar-refractivity contribution in [2.75, 3.05) is 41.3 Å². The Morgan fingerprint density at radius 3 is 2.33 bits per heavy atom. The number of nitrogens with zero attached hydrogens (tertiary/aromatic N) is 4. The number of anilines is 3. The normalized spacial score (nSPS) is 15.0. The highest BCUT2D eigenvalue weighted by Gasteiger charge is 2.19. The van der Waals surface area contributed by atoms with Crippen molar-refractivity contribution in [2.24, 2.45) is 0 Å². The van der Waals surface area contributed by atoms with E-state index in [1.165, 1.54) is 11.3 Å². The number of aromatic nitrogens is 2. The lowest BCUT2D eigenvalue weighted by molar-refractivity contribution is 0.646. The third kappa shape index (κ3) is 3.96. The van der Waals surface area contributed by atoms with Crippen LogP contribution in [0, 0.1) is 13.8 Å². The highest BCUT2D eigenvalue weighted by Crippen LogP contribution is 2.21. The molecule has 1 fully saturated rings. The molecule has 1 aliphatic rings. The van der Waals surface area contributed by atoms with Crippen LogP contribution in [-0.4, -0.2) is 42.2 Å². The lowest BCUT2D eigenvalue weighted by Gasteiger charge is -2.37. The minimum absolute atomic E-state index is 0.331. The van der Waals surface area contributed by atoms with E-state index >= 15 is 0 Å². The fourth-order valence-corrected chi connectivity index (χ4v) is 3.06. The zero-order valence-corrected chi connectivity index (χ0v) is 15.1. The molecule has 0 aliphatic carbocycles. The Labute approximate surface area is 144 Å². The van der Waals surface area contributed by atoms with Crippen LogP contribution in [-0.2, 0) is 0 Å². The van der Waals surface area contributed by atoms with Crippen LogP contribution in [0.1, 0.15) is 25.1 Å². The van der Waals surface area contributed by atoms with Crippen molar-refractivity contribution >= 4 is 17.5 Å². The summed E-state index contributed by atoms with van der Waals surface area (Å²) in [5, 5.41) is 3.31. The molecule has 0 saturated carbocycles. The molecule has 5 nitrogen and oxygen atoms in total. The summed E-state index contributed by atoms with van der Waals surface area (Å²) in [5.74, 6) is 1.75. The first kappa shape index (κ1) is 16.6. The van der Waals surface area contributed by atoms with Crippen LogP contribution >= 0.6 is 0 Å². The van der Waals surface area contributed by atoms with Crippen LogP contribution < -0.4 is 15.1 Å².